The molecule has 1 fully saturated rings. The van der Waals surface area contributed by atoms with E-state index in [1.165, 1.54) is 0 Å². The maximum Gasteiger partial charge on any atom is 0.243 e. The molecule has 0 aliphatic carbocycles. The van der Waals surface area contributed by atoms with Crippen LogP contribution in [-0.2, 0) is 33.6 Å². The predicted octanol–water partition coefficient (Wildman–Crippen LogP) is -1.81. The van der Waals surface area contributed by atoms with Gasteiger partial charge in [-0.2, -0.15) is 0 Å². The van der Waals surface area contributed by atoms with Crippen LogP contribution in [0.25, 0.3) is 0 Å². The van der Waals surface area contributed by atoms with Crippen molar-refractivity contribution in [1.82, 2.24) is 52.5 Å². The Labute approximate surface area is 333 Å². The fraction of sp³-hybridized carbons (Fsp3) is 0.794. The van der Waals surface area contributed by atoms with Gasteiger partial charge in [-0.3, -0.25) is 33.6 Å². The average molecular weight is 836 g/mol. The summed E-state index contributed by atoms with van der Waals surface area (Å²) in [7, 11) is 7.00. The molecule has 0 bridgehead atoms. The van der Waals surface area contributed by atoms with E-state index in [1.807, 2.05) is 41.5 Å². The van der Waals surface area contributed by atoms with Gasteiger partial charge in [-0.05, 0) is 62.7 Å². The molecule has 0 aromatic heterocycles. The summed E-state index contributed by atoms with van der Waals surface area (Å²) >= 11 is 0. The summed E-state index contributed by atoms with van der Waals surface area (Å²) in [6.07, 6.45) is 1.23. The second-order valence-corrected chi connectivity index (χ2v) is 16.4. The molecule has 0 aromatic rings. The smallest absolute Gasteiger partial charge is 0.243 e. The molecule has 12 N–H and O–H groups in total. The van der Waals surface area contributed by atoms with Crippen molar-refractivity contribution < 1.29 is 33.6 Å². The number of carbonyl (C=O) groups is 7. The Kier molecular flexibility index (Phi) is 24.9. The topological polar surface area (TPSA) is 266 Å². The van der Waals surface area contributed by atoms with Crippen LogP contribution in [0.1, 0.15) is 86.5 Å². The molecule has 1 saturated heterocycles. The molecule has 0 spiro atoms. The van der Waals surface area contributed by atoms with Gasteiger partial charge in [0, 0.05) is 26.2 Å². The Balaban J connectivity index is 3.70. The van der Waals surface area contributed by atoms with E-state index in [0.29, 0.717) is 19.6 Å². The molecule has 0 aromatic carbocycles. The molecule has 1 heterocycles. The molecule has 10 unspecified atom stereocenters. The maximum absolute atomic E-state index is 13.9. The Morgan fingerprint density at radius 1 is 0.491 bits per heavy atom. The van der Waals surface area contributed by atoms with E-state index < -0.39 is 83.6 Å². The lowest BCUT2D eigenvalue weighted by atomic mass is 9.99. The van der Waals surface area contributed by atoms with Gasteiger partial charge in [-0.15, -0.1) is 0 Å². The molecule has 1 aliphatic rings. The van der Waals surface area contributed by atoms with E-state index in [0.717, 1.165) is 0 Å². The van der Waals surface area contributed by atoms with Gasteiger partial charge in [0.2, 0.25) is 41.4 Å². The monoisotopic (exact) mass is 835 g/mol. The van der Waals surface area contributed by atoms with Gasteiger partial charge in [-0.1, -0.05) is 69.7 Å². The van der Waals surface area contributed by atoms with Gasteiger partial charge >= 0.3 is 0 Å². The van der Waals surface area contributed by atoms with Crippen molar-refractivity contribution in [3.63, 3.8) is 0 Å². The van der Waals surface area contributed by atoms with Crippen LogP contribution in [0.5, 0.6) is 0 Å². The normalized spacial score (nSPS) is 26.1. The zero-order valence-corrected chi connectivity index (χ0v) is 36.7. The molecule has 0 radical (unpaired) electrons. The largest absolute Gasteiger partial charge is 0.354 e. The van der Waals surface area contributed by atoms with Gasteiger partial charge < -0.3 is 58.2 Å². The molecule has 55 heavy (non-hydrogen) atoms. The highest BCUT2D eigenvalue weighted by Gasteiger charge is 2.34. The zero-order valence-electron chi connectivity index (χ0n) is 33.2. The Hall–Kier alpha value is -2.58. The minimum atomic E-state index is -1.10. The number of nitrogens with one attached hydrogen (secondary N) is 10. The van der Waals surface area contributed by atoms with Crippen molar-refractivity contribution in [2.24, 2.45) is 23.5 Å². The molecule has 21 heteroatoms. The molecule has 10 atom stereocenters. The first-order chi connectivity index (χ1) is 25.9. The second kappa shape index (κ2) is 27.1. The summed E-state index contributed by atoms with van der Waals surface area (Å²) in [5.41, 5.74) is 6.20. The van der Waals surface area contributed by atoms with E-state index >= 15 is 0 Å². The fourth-order valence-corrected chi connectivity index (χ4v) is 6.34. The van der Waals surface area contributed by atoms with Crippen LogP contribution in [-0.4, -0.2) is 110 Å². The van der Waals surface area contributed by atoms with Crippen molar-refractivity contribution in [1.29, 1.82) is 0 Å². The number of hydrogen-bond acceptors (Lipinski definition) is 11. The first-order valence-corrected chi connectivity index (χ1v) is 20.8. The first kappa shape index (κ1) is 50.4. The van der Waals surface area contributed by atoms with Crippen molar-refractivity contribution in [3.05, 3.63) is 0 Å². The molecule has 0 saturated carbocycles. The van der Waals surface area contributed by atoms with Crippen molar-refractivity contribution in [3.8, 4) is 0 Å². The summed E-state index contributed by atoms with van der Waals surface area (Å²) in [6.45, 7) is 12.3. The minimum Gasteiger partial charge on any atom is -0.354 e. The molecular formula is C34H68N11O7P3. The standard InChI is InChI=1S/C34H68N11O7P3/c1-18(2)15-25-29(47)36-11-7-21(35)28(46)40-22(8-12-37-53)31(49)44-27(17-20(5)6)34(52)45-26(16-19(3)4)33(51)42-23(9-13-38-54)30(48)41-24(10-14-39-55)32(50)43-25/h18-27,37-39H,7-17,35,53-55H2,1-6H3,(H,36,47)(H,40,46)(H,41,48)(H,42,51)(H,43,50)(H,44,49)(H,45,52). The molecule has 316 valence electrons. The summed E-state index contributed by atoms with van der Waals surface area (Å²) in [5.74, 6) is -4.27. The molecule has 18 nitrogen and oxygen atoms in total. The third-order valence-corrected chi connectivity index (χ3v) is 9.61. The van der Waals surface area contributed by atoms with E-state index in [9.17, 15) is 33.6 Å². The highest BCUT2D eigenvalue weighted by Crippen LogP contribution is 2.12. The van der Waals surface area contributed by atoms with Gasteiger partial charge in [0.15, 0.2) is 0 Å². The second-order valence-electron chi connectivity index (χ2n) is 15.2. The highest BCUT2D eigenvalue weighted by molar-refractivity contribution is 7.14. The summed E-state index contributed by atoms with van der Waals surface area (Å²) in [4.78, 5) is 95.6. The van der Waals surface area contributed by atoms with Crippen LogP contribution >= 0.6 is 28.2 Å². The number of carbonyl (C=O) groups excluding carboxylic acids is 7. The van der Waals surface area contributed by atoms with E-state index in [-0.39, 0.29) is 69.2 Å². The summed E-state index contributed by atoms with van der Waals surface area (Å²) < 4.78 is 0. The maximum atomic E-state index is 13.9. The lowest BCUT2D eigenvalue weighted by Gasteiger charge is -2.29. The van der Waals surface area contributed by atoms with Crippen LogP contribution in [0.2, 0.25) is 0 Å². The first-order valence-electron chi connectivity index (χ1n) is 19.1. The molecule has 1 aliphatic heterocycles. The average Bonchev–Trinajstić information content (AvgIpc) is 3.10. The van der Waals surface area contributed by atoms with Gasteiger partial charge in [-0.25, -0.2) is 0 Å². The van der Waals surface area contributed by atoms with Gasteiger partial charge in [0.25, 0.3) is 0 Å². The number of nitrogens with two attached hydrogens (primary N) is 1. The number of hydrogen-bond donors (Lipinski definition) is 11. The van der Waals surface area contributed by atoms with E-state index in [1.54, 1.807) is 0 Å². The Morgan fingerprint density at radius 3 is 1.07 bits per heavy atom. The van der Waals surface area contributed by atoms with Gasteiger partial charge in [0.1, 0.15) is 36.3 Å². The molecule has 7 amide bonds. The van der Waals surface area contributed by atoms with Crippen molar-refractivity contribution in [2.45, 2.75) is 129 Å². The summed E-state index contributed by atoms with van der Waals surface area (Å²) in [6, 6.07) is -7.45. The number of amides is 7. The Morgan fingerprint density at radius 2 is 0.764 bits per heavy atom. The van der Waals surface area contributed by atoms with E-state index in [2.05, 4.69) is 80.7 Å². The van der Waals surface area contributed by atoms with E-state index in [4.69, 9.17) is 5.73 Å². The SMILES string of the molecule is CC(C)CC1NC(=O)C(CCNP)NC(=O)C(CCNP)NC(=O)C(CC(C)C)NC(=O)C(CC(C)C)NC(=O)C(CCNP)NC(=O)C(N)CCNC1=O. The highest BCUT2D eigenvalue weighted by atomic mass is 31.0. The summed E-state index contributed by atoms with van der Waals surface area (Å²) in [5, 5.41) is 28.0. The quantitative estimate of drug-likeness (QED) is 0.0820. The van der Waals surface area contributed by atoms with Crippen LogP contribution < -0.4 is 58.2 Å². The molecular weight excluding hydrogens is 767 g/mol. The van der Waals surface area contributed by atoms with Crippen LogP contribution in [0, 0.1) is 17.8 Å². The fourth-order valence-electron chi connectivity index (χ4n) is 5.84. The van der Waals surface area contributed by atoms with Crippen LogP contribution in [0.4, 0.5) is 0 Å². The molecule has 1 rings (SSSR count). The lowest BCUT2D eigenvalue weighted by molar-refractivity contribution is -0.136. The van der Waals surface area contributed by atoms with Crippen LogP contribution in [0.3, 0.4) is 0 Å². The zero-order chi connectivity index (χ0) is 41.7. The Bertz CT molecular complexity index is 1260. The third kappa shape index (κ3) is 19.9. The predicted molar refractivity (Wildman–Crippen MR) is 223 cm³/mol. The third-order valence-electron chi connectivity index (χ3n) is 8.74. The number of rotatable bonds is 15. The minimum absolute atomic E-state index is 0.00163. The van der Waals surface area contributed by atoms with Gasteiger partial charge in [0.05, 0.1) is 6.04 Å². The lowest BCUT2D eigenvalue weighted by Crippen LogP contribution is -2.60. The van der Waals surface area contributed by atoms with Crippen molar-refractivity contribution >= 4 is 69.5 Å². The van der Waals surface area contributed by atoms with Crippen molar-refractivity contribution in [2.75, 3.05) is 26.2 Å². The van der Waals surface area contributed by atoms with Crippen LogP contribution in [0.15, 0.2) is 0 Å².